The Kier molecular flexibility index (Phi) is 6.08. The van der Waals surface area contributed by atoms with Crippen LogP contribution < -0.4 is 0 Å². The van der Waals surface area contributed by atoms with Crippen molar-refractivity contribution in [3.8, 4) is 11.3 Å². The molecule has 0 saturated heterocycles. The molecule has 1 aliphatic rings. The number of hydrogen-bond donors (Lipinski definition) is 0. The summed E-state index contributed by atoms with van der Waals surface area (Å²) in [5, 5.41) is 4.12. The number of methoxy groups -OCH3 is 1. The third-order valence-corrected chi connectivity index (χ3v) is 6.26. The molecule has 28 heavy (non-hydrogen) atoms. The van der Waals surface area contributed by atoms with E-state index in [0.717, 1.165) is 21.2 Å². The van der Waals surface area contributed by atoms with E-state index in [-0.39, 0.29) is 5.75 Å². The van der Waals surface area contributed by atoms with Crippen LogP contribution in [0, 0.1) is 0 Å². The van der Waals surface area contributed by atoms with Gasteiger partial charge in [0, 0.05) is 17.5 Å². The lowest BCUT2D eigenvalue weighted by Crippen LogP contribution is -2.46. The number of hydrogen-bond acceptors (Lipinski definition) is 6. The van der Waals surface area contributed by atoms with Gasteiger partial charge in [0.15, 0.2) is 6.04 Å². The third kappa shape index (κ3) is 4.56. The maximum absolute atomic E-state index is 12.8. The Morgan fingerprint density at radius 2 is 1.96 bits per heavy atom. The lowest BCUT2D eigenvalue weighted by atomic mass is 10.1. The molecule has 0 saturated carbocycles. The fraction of sp³-hybridized carbons (Fsp3) is 0.350. The highest BCUT2D eigenvalue weighted by atomic mass is 32.2. The summed E-state index contributed by atoms with van der Waals surface area (Å²) in [6.07, 6.45) is 3.00. The summed E-state index contributed by atoms with van der Waals surface area (Å²) in [6, 6.07) is 12.4. The van der Waals surface area contributed by atoms with Crippen molar-refractivity contribution < 1.29 is 17.9 Å². The van der Waals surface area contributed by atoms with Gasteiger partial charge >= 0.3 is 5.97 Å². The highest BCUT2D eigenvalue weighted by molar-refractivity contribution is 7.89. The van der Waals surface area contributed by atoms with Gasteiger partial charge < -0.3 is 4.74 Å². The lowest BCUT2D eigenvalue weighted by molar-refractivity contribution is -0.145. The summed E-state index contributed by atoms with van der Waals surface area (Å²) in [7, 11) is -2.50. The smallest absolute Gasteiger partial charge is 0.331 e. The first-order chi connectivity index (χ1) is 13.4. The van der Waals surface area contributed by atoms with Crippen LogP contribution in [-0.4, -0.2) is 48.4 Å². The lowest BCUT2D eigenvalue weighted by Gasteiger charge is -2.30. The minimum atomic E-state index is -3.75. The molecule has 2 heterocycles. The van der Waals surface area contributed by atoms with E-state index in [4.69, 9.17) is 4.74 Å². The van der Waals surface area contributed by atoms with Crippen molar-refractivity contribution in [1.29, 1.82) is 0 Å². The molecule has 1 aromatic carbocycles. The Hall–Kier alpha value is -2.74. The van der Waals surface area contributed by atoms with Gasteiger partial charge in [0.2, 0.25) is 0 Å². The molecule has 8 heteroatoms. The Morgan fingerprint density at radius 1 is 1.21 bits per heavy atom. The summed E-state index contributed by atoms with van der Waals surface area (Å²) in [5.41, 5.74) is 3.40. The van der Waals surface area contributed by atoms with E-state index in [2.05, 4.69) is 10.1 Å². The van der Waals surface area contributed by atoms with Crippen LogP contribution in [-0.2, 0) is 26.0 Å². The van der Waals surface area contributed by atoms with Crippen molar-refractivity contribution in [3.63, 3.8) is 0 Å². The van der Waals surface area contributed by atoms with Crippen molar-refractivity contribution in [2.75, 3.05) is 12.9 Å². The maximum atomic E-state index is 12.8. The Bertz CT molecular complexity index is 957. The van der Waals surface area contributed by atoms with Crippen molar-refractivity contribution in [2.24, 2.45) is 5.10 Å². The fourth-order valence-corrected chi connectivity index (χ4v) is 4.58. The third-order valence-electron chi connectivity index (χ3n) is 4.64. The molecule has 0 spiro atoms. The summed E-state index contributed by atoms with van der Waals surface area (Å²) in [6.45, 7) is 1.76. The van der Waals surface area contributed by atoms with Crippen LogP contribution in [0.5, 0.6) is 0 Å². The normalized spacial score (nSPS) is 17.1. The fourth-order valence-electron chi connectivity index (χ4n) is 3.06. The summed E-state index contributed by atoms with van der Waals surface area (Å²) < 4.78 is 31.3. The SMILES string of the molecule is COC(=O)C1CCC(C)=NN1S(=O)(=O)CCc1ccc(-c2ccccn2)cc1. The molecule has 1 aliphatic heterocycles. The molecule has 1 aromatic heterocycles. The van der Waals surface area contributed by atoms with Crippen LogP contribution in [0.2, 0.25) is 0 Å². The summed E-state index contributed by atoms with van der Waals surface area (Å²) in [4.78, 5) is 16.3. The molecule has 1 unspecified atom stereocenters. The standard InChI is InChI=1S/C20H23N3O4S/c1-15-6-11-19(20(24)27-2)23(22-15)28(25,26)14-12-16-7-9-17(10-8-16)18-5-3-4-13-21-18/h3-5,7-10,13,19H,6,11-12,14H2,1-2H3. The Balaban J connectivity index is 1.72. The summed E-state index contributed by atoms with van der Waals surface area (Å²) in [5.74, 6) is -0.722. The van der Waals surface area contributed by atoms with Crippen molar-refractivity contribution in [2.45, 2.75) is 32.2 Å². The highest BCUT2D eigenvalue weighted by Gasteiger charge is 2.36. The minimum absolute atomic E-state index is 0.139. The predicted octanol–water partition coefficient (Wildman–Crippen LogP) is 2.63. The highest BCUT2D eigenvalue weighted by Crippen LogP contribution is 2.22. The quantitative estimate of drug-likeness (QED) is 0.694. The number of hydrazone groups is 1. The van der Waals surface area contributed by atoms with E-state index in [9.17, 15) is 13.2 Å². The first-order valence-electron chi connectivity index (χ1n) is 9.05. The first-order valence-corrected chi connectivity index (χ1v) is 10.7. The average molecular weight is 401 g/mol. The van der Waals surface area contributed by atoms with E-state index < -0.39 is 22.0 Å². The number of esters is 1. The van der Waals surface area contributed by atoms with Gasteiger partial charge in [0.25, 0.3) is 10.0 Å². The number of ether oxygens (including phenoxy) is 1. The van der Waals surface area contributed by atoms with Crippen LogP contribution >= 0.6 is 0 Å². The Morgan fingerprint density at radius 3 is 2.61 bits per heavy atom. The van der Waals surface area contributed by atoms with Gasteiger partial charge in [0.1, 0.15) is 0 Å². The molecule has 148 valence electrons. The topological polar surface area (TPSA) is 88.9 Å². The number of aromatic nitrogens is 1. The second-order valence-corrected chi connectivity index (χ2v) is 8.61. The van der Waals surface area contributed by atoms with Gasteiger partial charge in [-0.05, 0) is 43.9 Å². The van der Waals surface area contributed by atoms with Gasteiger partial charge in [-0.25, -0.2) is 13.2 Å². The second-order valence-electron chi connectivity index (χ2n) is 6.66. The predicted molar refractivity (Wildman–Crippen MR) is 107 cm³/mol. The largest absolute Gasteiger partial charge is 0.467 e. The monoisotopic (exact) mass is 401 g/mol. The average Bonchev–Trinajstić information content (AvgIpc) is 2.73. The molecular weight excluding hydrogens is 378 g/mol. The van der Waals surface area contributed by atoms with E-state index in [1.165, 1.54) is 7.11 Å². The molecule has 0 N–H and O–H groups in total. The molecule has 0 fully saturated rings. The number of pyridine rings is 1. The molecule has 1 atom stereocenters. The van der Waals surface area contributed by atoms with E-state index in [1.807, 2.05) is 42.5 Å². The number of sulfonamides is 1. The van der Waals surface area contributed by atoms with Gasteiger partial charge in [-0.1, -0.05) is 30.3 Å². The molecule has 3 rings (SSSR count). The van der Waals surface area contributed by atoms with E-state index in [1.54, 1.807) is 13.1 Å². The van der Waals surface area contributed by atoms with Crippen LogP contribution in [0.1, 0.15) is 25.3 Å². The zero-order valence-electron chi connectivity index (χ0n) is 15.9. The zero-order chi connectivity index (χ0) is 20.1. The number of rotatable bonds is 6. The van der Waals surface area contributed by atoms with Gasteiger partial charge in [-0.2, -0.15) is 9.52 Å². The molecular formula is C20H23N3O4S. The van der Waals surface area contributed by atoms with Gasteiger partial charge in [0.05, 0.1) is 18.6 Å². The molecule has 0 aliphatic carbocycles. The van der Waals surface area contributed by atoms with Crippen molar-refractivity contribution in [1.82, 2.24) is 9.40 Å². The summed E-state index contributed by atoms with van der Waals surface area (Å²) >= 11 is 0. The number of nitrogens with zero attached hydrogens (tertiary/aromatic N) is 3. The van der Waals surface area contributed by atoms with Gasteiger partial charge in [-0.15, -0.1) is 0 Å². The first kappa shape index (κ1) is 20.0. The van der Waals surface area contributed by atoms with Crippen molar-refractivity contribution >= 4 is 21.7 Å². The zero-order valence-corrected chi connectivity index (χ0v) is 16.7. The van der Waals surface area contributed by atoms with Crippen LogP contribution in [0.15, 0.2) is 53.8 Å². The second kappa shape index (κ2) is 8.52. The molecule has 7 nitrogen and oxygen atoms in total. The van der Waals surface area contributed by atoms with Crippen molar-refractivity contribution in [3.05, 3.63) is 54.2 Å². The number of benzene rings is 1. The maximum Gasteiger partial charge on any atom is 0.331 e. The van der Waals surface area contributed by atoms with Crippen LogP contribution in [0.4, 0.5) is 0 Å². The van der Waals surface area contributed by atoms with E-state index >= 15 is 0 Å². The number of carbonyl (C=O) groups is 1. The molecule has 0 amide bonds. The number of aryl methyl sites for hydroxylation is 1. The number of carbonyl (C=O) groups excluding carboxylic acids is 1. The van der Waals surface area contributed by atoms with Gasteiger partial charge in [-0.3, -0.25) is 4.98 Å². The Labute approximate surface area is 165 Å². The minimum Gasteiger partial charge on any atom is -0.467 e. The van der Waals surface area contributed by atoms with Crippen LogP contribution in [0.3, 0.4) is 0 Å². The molecule has 0 radical (unpaired) electrons. The molecule has 2 aromatic rings. The van der Waals surface area contributed by atoms with Crippen LogP contribution in [0.25, 0.3) is 11.3 Å². The molecule has 0 bridgehead atoms. The van der Waals surface area contributed by atoms with E-state index in [0.29, 0.717) is 25.0 Å².